The number of benzene rings is 1. The molecule has 0 atom stereocenters. The maximum atomic E-state index is 10.5. The van der Waals surface area contributed by atoms with Gasteiger partial charge in [0.25, 0.3) is 0 Å². The average Bonchev–Trinajstić information content (AvgIpc) is 1.93. The Balaban J connectivity index is 2.86. The van der Waals surface area contributed by atoms with Crippen LogP contribution in [0.5, 0.6) is 5.75 Å². The van der Waals surface area contributed by atoms with E-state index in [0.717, 1.165) is 4.47 Å². The zero-order chi connectivity index (χ0) is 8.27. The Hall–Kier alpha value is -0.830. The molecule has 0 heterocycles. The van der Waals surface area contributed by atoms with E-state index in [4.69, 9.17) is 4.74 Å². The third-order valence-corrected chi connectivity index (χ3v) is 1.75. The molecule has 0 saturated carbocycles. The highest BCUT2D eigenvalue weighted by molar-refractivity contribution is 9.10. The van der Waals surface area contributed by atoms with Crippen LogP contribution in [0, 0.1) is 0 Å². The zero-order valence-electron chi connectivity index (χ0n) is 6.00. The van der Waals surface area contributed by atoms with E-state index in [1.165, 1.54) is 6.92 Å². The average molecular weight is 215 g/mol. The molecule has 0 amide bonds. The number of ether oxygens (including phenoxy) is 1. The summed E-state index contributed by atoms with van der Waals surface area (Å²) in [6.07, 6.45) is 0. The van der Waals surface area contributed by atoms with Gasteiger partial charge in [-0.2, -0.15) is 0 Å². The van der Waals surface area contributed by atoms with E-state index >= 15 is 0 Å². The second kappa shape index (κ2) is 3.53. The molecule has 0 saturated heterocycles. The summed E-state index contributed by atoms with van der Waals surface area (Å²) in [5.41, 5.74) is 0. The third kappa shape index (κ3) is 2.35. The molecule has 58 valence electrons. The standard InChI is InChI=1S/C8H7BrO2/c1-6(10)11-8-5-3-2-4-7(8)9/h2-5H,1H3. The molecule has 0 bridgehead atoms. The number of rotatable bonds is 1. The number of para-hydroxylation sites is 1. The summed E-state index contributed by atoms with van der Waals surface area (Å²) in [6, 6.07) is 7.21. The minimum Gasteiger partial charge on any atom is -0.426 e. The summed E-state index contributed by atoms with van der Waals surface area (Å²) in [5.74, 6) is 0.247. The van der Waals surface area contributed by atoms with Crippen LogP contribution in [0.15, 0.2) is 28.7 Å². The molecule has 3 heteroatoms. The quantitative estimate of drug-likeness (QED) is 0.531. The van der Waals surface area contributed by atoms with Crippen molar-refractivity contribution < 1.29 is 9.53 Å². The molecule has 0 fully saturated rings. The van der Waals surface area contributed by atoms with Crippen molar-refractivity contribution in [1.29, 1.82) is 0 Å². The summed E-state index contributed by atoms with van der Waals surface area (Å²) in [7, 11) is 0. The maximum Gasteiger partial charge on any atom is 0.308 e. The van der Waals surface area contributed by atoms with Crippen molar-refractivity contribution >= 4 is 21.9 Å². The SMILES string of the molecule is CC(=O)Oc1ccccc1Br. The lowest BCUT2D eigenvalue weighted by molar-refractivity contribution is -0.131. The van der Waals surface area contributed by atoms with Crippen molar-refractivity contribution in [2.45, 2.75) is 6.92 Å². The Labute approximate surface area is 73.3 Å². The van der Waals surface area contributed by atoms with Crippen molar-refractivity contribution in [3.8, 4) is 5.75 Å². The van der Waals surface area contributed by atoms with E-state index in [9.17, 15) is 4.79 Å². The van der Waals surface area contributed by atoms with E-state index in [0.29, 0.717) is 5.75 Å². The van der Waals surface area contributed by atoms with Crippen LogP contribution in [0.1, 0.15) is 6.92 Å². The Morgan fingerprint density at radius 3 is 2.64 bits per heavy atom. The maximum absolute atomic E-state index is 10.5. The first-order valence-corrected chi connectivity index (χ1v) is 3.92. The number of esters is 1. The first-order chi connectivity index (χ1) is 5.20. The fourth-order valence-electron chi connectivity index (χ4n) is 0.682. The molecule has 2 nitrogen and oxygen atoms in total. The normalized spacial score (nSPS) is 9.27. The lowest BCUT2D eigenvalue weighted by atomic mass is 10.3. The Bertz CT molecular complexity index is 271. The van der Waals surface area contributed by atoms with Crippen LogP contribution in [-0.4, -0.2) is 5.97 Å². The molecule has 0 aliphatic rings. The smallest absolute Gasteiger partial charge is 0.308 e. The summed E-state index contributed by atoms with van der Waals surface area (Å²) < 4.78 is 5.65. The van der Waals surface area contributed by atoms with Crippen LogP contribution < -0.4 is 4.74 Å². The molecule has 0 aliphatic heterocycles. The summed E-state index contributed by atoms with van der Waals surface area (Å²) in [4.78, 5) is 10.5. The third-order valence-electron chi connectivity index (χ3n) is 1.09. The molecule has 0 aromatic heterocycles. The van der Waals surface area contributed by atoms with Gasteiger partial charge in [0.1, 0.15) is 5.75 Å². The van der Waals surface area contributed by atoms with Crippen LogP contribution in [-0.2, 0) is 4.79 Å². The minimum atomic E-state index is -0.308. The lowest BCUT2D eigenvalue weighted by Gasteiger charge is -2.01. The molecule has 0 aliphatic carbocycles. The van der Waals surface area contributed by atoms with Crippen LogP contribution in [0.3, 0.4) is 0 Å². The second-order valence-electron chi connectivity index (χ2n) is 2.02. The van der Waals surface area contributed by atoms with Gasteiger partial charge in [-0.1, -0.05) is 12.1 Å². The molecule has 0 radical (unpaired) electrons. The van der Waals surface area contributed by atoms with E-state index in [1.807, 2.05) is 18.2 Å². The Kier molecular flexibility index (Phi) is 2.65. The first kappa shape index (κ1) is 8.27. The van der Waals surface area contributed by atoms with Crippen molar-refractivity contribution in [1.82, 2.24) is 0 Å². The number of carbonyl (C=O) groups is 1. The molecule has 1 rings (SSSR count). The highest BCUT2D eigenvalue weighted by atomic mass is 79.9. The molecular formula is C8H7BrO2. The van der Waals surface area contributed by atoms with Crippen molar-refractivity contribution in [3.63, 3.8) is 0 Å². The van der Waals surface area contributed by atoms with Crippen LogP contribution in [0.4, 0.5) is 0 Å². The topological polar surface area (TPSA) is 26.3 Å². The molecular weight excluding hydrogens is 208 g/mol. The van der Waals surface area contributed by atoms with E-state index < -0.39 is 0 Å². The molecule has 0 spiro atoms. The highest BCUT2D eigenvalue weighted by Gasteiger charge is 2.00. The summed E-state index contributed by atoms with van der Waals surface area (Å²) >= 11 is 3.25. The predicted octanol–water partition coefficient (Wildman–Crippen LogP) is 2.37. The Morgan fingerprint density at radius 2 is 2.09 bits per heavy atom. The number of hydrogen-bond donors (Lipinski definition) is 0. The van der Waals surface area contributed by atoms with Crippen LogP contribution >= 0.6 is 15.9 Å². The van der Waals surface area contributed by atoms with Gasteiger partial charge in [0.05, 0.1) is 4.47 Å². The van der Waals surface area contributed by atoms with Gasteiger partial charge in [-0.3, -0.25) is 4.79 Å². The fourth-order valence-corrected chi connectivity index (χ4v) is 1.05. The summed E-state index contributed by atoms with van der Waals surface area (Å²) in [6.45, 7) is 1.37. The van der Waals surface area contributed by atoms with Crippen molar-refractivity contribution in [2.24, 2.45) is 0 Å². The van der Waals surface area contributed by atoms with Crippen LogP contribution in [0.25, 0.3) is 0 Å². The number of carbonyl (C=O) groups excluding carboxylic acids is 1. The van der Waals surface area contributed by atoms with Crippen LogP contribution in [0.2, 0.25) is 0 Å². The molecule has 1 aromatic rings. The van der Waals surface area contributed by atoms with Gasteiger partial charge < -0.3 is 4.74 Å². The van der Waals surface area contributed by atoms with Gasteiger partial charge in [-0.05, 0) is 28.1 Å². The summed E-state index contributed by atoms with van der Waals surface area (Å²) in [5, 5.41) is 0. The van der Waals surface area contributed by atoms with E-state index in [1.54, 1.807) is 6.07 Å². The van der Waals surface area contributed by atoms with Gasteiger partial charge in [-0.25, -0.2) is 0 Å². The molecule has 11 heavy (non-hydrogen) atoms. The second-order valence-corrected chi connectivity index (χ2v) is 2.88. The predicted molar refractivity (Wildman–Crippen MR) is 45.5 cm³/mol. The van der Waals surface area contributed by atoms with Gasteiger partial charge >= 0.3 is 5.97 Å². The van der Waals surface area contributed by atoms with Crippen molar-refractivity contribution in [2.75, 3.05) is 0 Å². The number of halogens is 1. The highest BCUT2D eigenvalue weighted by Crippen LogP contribution is 2.23. The van der Waals surface area contributed by atoms with E-state index in [-0.39, 0.29) is 5.97 Å². The van der Waals surface area contributed by atoms with E-state index in [2.05, 4.69) is 15.9 Å². The first-order valence-electron chi connectivity index (χ1n) is 3.13. The van der Waals surface area contributed by atoms with Crippen molar-refractivity contribution in [3.05, 3.63) is 28.7 Å². The fraction of sp³-hybridized carbons (Fsp3) is 0.125. The molecule has 0 N–H and O–H groups in total. The zero-order valence-corrected chi connectivity index (χ0v) is 7.59. The number of hydrogen-bond acceptors (Lipinski definition) is 2. The van der Waals surface area contributed by atoms with Gasteiger partial charge in [0.15, 0.2) is 0 Å². The minimum absolute atomic E-state index is 0.308. The van der Waals surface area contributed by atoms with Gasteiger partial charge in [0, 0.05) is 6.92 Å². The molecule has 0 unspecified atom stereocenters. The Morgan fingerprint density at radius 1 is 1.45 bits per heavy atom. The van der Waals surface area contributed by atoms with Gasteiger partial charge in [0.2, 0.25) is 0 Å². The lowest BCUT2D eigenvalue weighted by Crippen LogP contribution is -2.01. The largest absolute Gasteiger partial charge is 0.426 e. The van der Waals surface area contributed by atoms with Gasteiger partial charge in [-0.15, -0.1) is 0 Å². The monoisotopic (exact) mass is 214 g/mol. The molecule has 1 aromatic carbocycles.